The summed E-state index contributed by atoms with van der Waals surface area (Å²) in [5, 5.41) is 0. The summed E-state index contributed by atoms with van der Waals surface area (Å²) in [5.41, 5.74) is 7.96. The maximum absolute atomic E-state index is 5.96. The van der Waals surface area contributed by atoms with Crippen LogP contribution in [0.15, 0.2) is 24.6 Å². The Labute approximate surface area is 107 Å². The molecule has 0 radical (unpaired) electrons. The van der Waals surface area contributed by atoms with Crippen molar-refractivity contribution >= 4 is 0 Å². The van der Waals surface area contributed by atoms with Crippen molar-refractivity contribution < 1.29 is 0 Å². The summed E-state index contributed by atoms with van der Waals surface area (Å²) < 4.78 is 0. The van der Waals surface area contributed by atoms with Crippen LogP contribution in [0.2, 0.25) is 0 Å². The van der Waals surface area contributed by atoms with Gasteiger partial charge in [-0.1, -0.05) is 39.8 Å². The summed E-state index contributed by atoms with van der Waals surface area (Å²) in [7, 11) is 0. The van der Waals surface area contributed by atoms with Crippen LogP contribution in [0.4, 0.5) is 0 Å². The predicted octanol–water partition coefficient (Wildman–Crippen LogP) is 3.37. The lowest BCUT2D eigenvalue weighted by Gasteiger charge is -2.44. The highest BCUT2D eigenvalue weighted by molar-refractivity contribution is 5.05. The summed E-state index contributed by atoms with van der Waals surface area (Å²) in [6.07, 6.45) is 3.87. The Kier molecular flexibility index (Phi) is 5.10. The van der Waals surface area contributed by atoms with E-state index in [0.717, 1.165) is 30.4 Å². The van der Waals surface area contributed by atoms with E-state index in [9.17, 15) is 0 Å². The van der Waals surface area contributed by atoms with Gasteiger partial charge in [0.15, 0.2) is 0 Å². The lowest BCUT2D eigenvalue weighted by molar-refractivity contribution is 0.106. The second-order valence-electron chi connectivity index (χ2n) is 5.58. The summed E-state index contributed by atoms with van der Waals surface area (Å²) in [6, 6.07) is 0. The lowest BCUT2D eigenvalue weighted by atomic mass is 9.75. The molecule has 1 rings (SSSR count). The molecule has 0 aromatic rings. The van der Waals surface area contributed by atoms with E-state index in [1.807, 2.05) is 0 Å². The molecule has 2 N–H and O–H groups in total. The smallest absolute Gasteiger partial charge is 0.0260 e. The van der Waals surface area contributed by atoms with Crippen LogP contribution in [-0.2, 0) is 0 Å². The summed E-state index contributed by atoms with van der Waals surface area (Å²) in [4.78, 5) is 2.38. The lowest BCUT2D eigenvalue weighted by Crippen LogP contribution is -2.45. The van der Waals surface area contributed by atoms with Crippen LogP contribution in [0.5, 0.6) is 0 Å². The Hall–Kier alpha value is -0.920. The first-order valence-electron chi connectivity index (χ1n) is 6.82. The monoisotopic (exact) mass is 236 g/mol. The first-order chi connectivity index (χ1) is 7.97. The molecule has 0 amide bonds. The molecule has 98 valence electrons. The van der Waals surface area contributed by atoms with Crippen molar-refractivity contribution in [1.29, 1.82) is 0 Å². The topological polar surface area (TPSA) is 29.3 Å². The SMILES string of the molecule is C=C(N)C1CN(C(=C)C)CC(CCCC)C1C. The third-order valence-electron chi connectivity index (χ3n) is 4.19. The van der Waals surface area contributed by atoms with Crippen molar-refractivity contribution in [3.63, 3.8) is 0 Å². The van der Waals surface area contributed by atoms with Crippen LogP contribution in [0.3, 0.4) is 0 Å². The van der Waals surface area contributed by atoms with Crippen LogP contribution in [0, 0.1) is 17.8 Å². The van der Waals surface area contributed by atoms with Crippen molar-refractivity contribution in [2.24, 2.45) is 23.5 Å². The Balaban J connectivity index is 2.74. The van der Waals surface area contributed by atoms with Gasteiger partial charge < -0.3 is 10.6 Å². The molecular formula is C15H28N2. The Morgan fingerprint density at radius 1 is 1.35 bits per heavy atom. The van der Waals surface area contributed by atoms with E-state index in [1.54, 1.807) is 0 Å². The fourth-order valence-electron chi connectivity index (χ4n) is 2.84. The van der Waals surface area contributed by atoms with Gasteiger partial charge in [-0.2, -0.15) is 0 Å². The highest BCUT2D eigenvalue weighted by atomic mass is 15.1. The van der Waals surface area contributed by atoms with Crippen molar-refractivity contribution in [2.75, 3.05) is 13.1 Å². The third-order valence-corrected chi connectivity index (χ3v) is 4.19. The van der Waals surface area contributed by atoms with E-state index in [-0.39, 0.29) is 0 Å². The fraction of sp³-hybridized carbons (Fsp3) is 0.733. The van der Waals surface area contributed by atoms with Crippen molar-refractivity contribution in [3.8, 4) is 0 Å². The van der Waals surface area contributed by atoms with E-state index >= 15 is 0 Å². The van der Waals surface area contributed by atoms with Gasteiger partial charge >= 0.3 is 0 Å². The van der Waals surface area contributed by atoms with Gasteiger partial charge in [-0.15, -0.1) is 0 Å². The molecule has 1 fully saturated rings. The fourth-order valence-corrected chi connectivity index (χ4v) is 2.84. The summed E-state index contributed by atoms with van der Waals surface area (Å²) in [5.74, 6) is 1.79. The third kappa shape index (κ3) is 3.52. The molecule has 3 unspecified atom stereocenters. The van der Waals surface area contributed by atoms with Gasteiger partial charge in [0.05, 0.1) is 0 Å². The number of nitrogens with zero attached hydrogens (tertiary/aromatic N) is 1. The Morgan fingerprint density at radius 2 is 2.00 bits per heavy atom. The zero-order chi connectivity index (χ0) is 13.0. The molecule has 0 aromatic carbocycles. The maximum Gasteiger partial charge on any atom is 0.0260 e. The van der Waals surface area contributed by atoms with Crippen LogP contribution in [0.1, 0.15) is 40.0 Å². The van der Waals surface area contributed by atoms with Gasteiger partial charge in [-0.3, -0.25) is 0 Å². The molecule has 1 heterocycles. The minimum atomic E-state index is 0.419. The molecule has 0 spiro atoms. The van der Waals surface area contributed by atoms with Gasteiger partial charge in [-0.25, -0.2) is 0 Å². The quantitative estimate of drug-likeness (QED) is 0.793. The van der Waals surface area contributed by atoms with Crippen LogP contribution < -0.4 is 5.73 Å². The Morgan fingerprint density at radius 3 is 2.47 bits per heavy atom. The highest BCUT2D eigenvalue weighted by Crippen LogP contribution is 2.35. The molecule has 17 heavy (non-hydrogen) atoms. The number of unbranched alkanes of at least 4 members (excludes halogenated alkanes) is 1. The molecule has 0 bridgehead atoms. The van der Waals surface area contributed by atoms with E-state index < -0.39 is 0 Å². The zero-order valence-corrected chi connectivity index (χ0v) is 11.7. The molecule has 0 aliphatic carbocycles. The number of piperidine rings is 1. The number of rotatable bonds is 5. The van der Waals surface area contributed by atoms with E-state index in [4.69, 9.17) is 5.73 Å². The van der Waals surface area contributed by atoms with E-state index in [2.05, 4.69) is 38.8 Å². The van der Waals surface area contributed by atoms with Crippen LogP contribution in [-0.4, -0.2) is 18.0 Å². The number of likely N-dealkylation sites (tertiary alicyclic amines) is 1. The normalized spacial score (nSPS) is 29.1. The van der Waals surface area contributed by atoms with Crippen LogP contribution in [0.25, 0.3) is 0 Å². The molecule has 1 saturated heterocycles. The molecule has 1 aliphatic heterocycles. The van der Waals surface area contributed by atoms with Gasteiger partial charge in [0, 0.05) is 30.4 Å². The zero-order valence-electron chi connectivity index (χ0n) is 11.7. The molecule has 2 heteroatoms. The van der Waals surface area contributed by atoms with E-state index in [0.29, 0.717) is 11.8 Å². The molecule has 0 aromatic heterocycles. The van der Waals surface area contributed by atoms with Gasteiger partial charge in [0.25, 0.3) is 0 Å². The molecule has 0 saturated carbocycles. The average molecular weight is 236 g/mol. The standard InChI is InChI=1S/C15H28N2/c1-6-7-8-14-9-17(11(2)3)10-15(12(14)4)13(5)16/h12,14-15H,2,5-10,16H2,1,3-4H3. The van der Waals surface area contributed by atoms with Gasteiger partial charge in [0.2, 0.25) is 0 Å². The summed E-state index contributed by atoms with van der Waals surface area (Å²) >= 11 is 0. The average Bonchev–Trinajstić information content (AvgIpc) is 2.26. The molecule has 3 atom stereocenters. The second-order valence-corrected chi connectivity index (χ2v) is 5.58. The van der Waals surface area contributed by atoms with Crippen molar-refractivity contribution in [3.05, 3.63) is 24.6 Å². The number of nitrogens with two attached hydrogens (primary N) is 1. The maximum atomic E-state index is 5.96. The number of hydrogen-bond donors (Lipinski definition) is 1. The highest BCUT2D eigenvalue weighted by Gasteiger charge is 2.34. The molecule has 1 aliphatic rings. The minimum absolute atomic E-state index is 0.419. The first kappa shape index (κ1) is 14.1. The van der Waals surface area contributed by atoms with E-state index in [1.165, 1.54) is 19.3 Å². The largest absolute Gasteiger partial charge is 0.402 e. The summed E-state index contributed by atoms with van der Waals surface area (Å²) in [6.45, 7) is 16.8. The van der Waals surface area contributed by atoms with Crippen molar-refractivity contribution in [2.45, 2.75) is 40.0 Å². The van der Waals surface area contributed by atoms with Gasteiger partial charge in [0.1, 0.15) is 0 Å². The second kappa shape index (κ2) is 6.13. The van der Waals surface area contributed by atoms with Crippen molar-refractivity contribution in [1.82, 2.24) is 4.90 Å². The Bertz CT molecular complexity index is 283. The number of hydrogen-bond acceptors (Lipinski definition) is 2. The predicted molar refractivity (Wildman–Crippen MR) is 75.4 cm³/mol. The molecule has 2 nitrogen and oxygen atoms in total. The molecular weight excluding hydrogens is 208 g/mol. The van der Waals surface area contributed by atoms with Gasteiger partial charge in [-0.05, 0) is 25.2 Å². The van der Waals surface area contributed by atoms with Crippen LogP contribution >= 0.6 is 0 Å². The first-order valence-corrected chi connectivity index (χ1v) is 6.82. The minimum Gasteiger partial charge on any atom is -0.402 e. The number of allylic oxidation sites excluding steroid dienone is 1.